The topological polar surface area (TPSA) is 81.3 Å². The zero-order chi connectivity index (χ0) is 25.2. The first-order valence-corrected chi connectivity index (χ1v) is 11.5. The van der Waals surface area contributed by atoms with Gasteiger partial charge in [0.1, 0.15) is 12.4 Å². The van der Waals surface area contributed by atoms with Crippen molar-refractivity contribution in [1.82, 2.24) is 19.2 Å². The Hall–Kier alpha value is -4.59. The van der Waals surface area contributed by atoms with Crippen LogP contribution in [-0.2, 0) is 17.8 Å². The van der Waals surface area contributed by atoms with E-state index < -0.39 is 0 Å². The number of carbonyl (C=O) groups excluding carboxylic acids is 1. The Morgan fingerprint density at radius 3 is 2.33 bits per heavy atom. The Balaban J connectivity index is 1.60. The van der Waals surface area contributed by atoms with Gasteiger partial charge in [-0.3, -0.25) is 9.59 Å². The third-order valence-corrected chi connectivity index (χ3v) is 6.09. The van der Waals surface area contributed by atoms with Gasteiger partial charge < -0.3 is 9.88 Å². The molecule has 0 aliphatic heterocycles. The van der Waals surface area contributed by atoms with Crippen molar-refractivity contribution < 1.29 is 9.18 Å². The molecule has 2 aromatic heterocycles. The predicted octanol–water partition coefficient (Wildman–Crippen LogP) is 4.54. The van der Waals surface area contributed by atoms with E-state index in [0.717, 1.165) is 16.7 Å². The zero-order valence-corrected chi connectivity index (χ0v) is 19.9. The van der Waals surface area contributed by atoms with Crippen molar-refractivity contribution in [3.8, 4) is 11.4 Å². The fourth-order valence-corrected chi connectivity index (χ4v) is 4.11. The quantitative estimate of drug-likeness (QED) is 0.386. The molecule has 36 heavy (non-hydrogen) atoms. The highest BCUT2D eigenvalue weighted by Gasteiger charge is 2.20. The van der Waals surface area contributed by atoms with E-state index in [1.54, 1.807) is 4.57 Å². The number of hydrogen-bond acceptors (Lipinski definition) is 4. The molecule has 8 heteroatoms. The van der Waals surface area contributed by atoms with Crippen molar-refractivity contribution in [3.63, 3.8) is 0 Å². The lowest BCUT2D eigenvalue weighted by Crippen LogP contribution is -2.29. The van der Waals surface area contributed by atoms with Crippen LogP contribution in [0.5, 0.6) is 0 Å². The number of aromatic nitrogens is 4. The lowest BCUT2D eigenvalue weighted by atomic mass is 10.0. The Morgan fingerprint density at radius 2 is 1.64 bits per heavy atom. The summed E-state index contributed by atoms with van der Waals surface area (Å²) < 4.78 is 16.2. The van der Waals surface area contributed by atoms with Crippen LogP contribution in [0.3, 0.4) is 0 Å². The van der Waals surface area contributed by atoms with Crippen molar-refractivity contribution in [3.05, 3.63) is 117 Å². The maximum atomic E-state index is 13.5. The maximum Gasteiger partial charge on any atom is 0.279 e. The number of benzene rings is 3. The molecule has 1 N–H and O–H groups in total. The van der Waals surface area contributed by atoms with Crippen LogP contribution in [-0.4, -0.2) is 25.1 Å². The number of fused-ring (bicyclic) bond motifs is 1. The number of carbonyl (C=O) groups is 1. The lowest BCUT2D eigenvalue weighted by Gasteiger charge is -2.15. The lowest BCUT2D eigenvalue weighted by molar-refractivity contribution is -0.116. The molecule has 0 radical (unpaired) electrons. The van der Waals surface area contributed by atoms with Gasteiger partial charge in [0.15, 0.2) is 5.82 Å². The van der Waals surface area contributed by atoms with Crippen LogP contribution in [0.4, 0.5) is 10.1 Å². The standard InChI is InChI=1S/C28H24FN5O2/c1-18-8-10-21(11-9-18)26-31-28-33(17-25(35)30-23-14-12-22(29)13-15-23)19(2)24(27(36)34(28)32-26)16-20-6-4-3-5-7-20/h3-15H,16-17H2,1-2H3,(H,30,35). The van der Waals surface area contributed by atoms with Gasteiger partial charge in [0.05, 0.1) is 0 Å². The van der Waals surface area contributed by atoms with Gasteiger partial charge in [0.2, 0.25) is 11.7 Å². The maximum absolute atomic E-state index is 13.5. The third kappa shape index (κ3) is 4.65. The van der Waals surface area contributed by atoms with Crippen molar-refractivity contribution in [2.24, 2.45) is 0 Å². The van der Waals surface area contributed by atoms with E-state index in [9.17, 15) is 14.0 Å². The number of hydrogen-bond donors (Lipinski definition) is 1. The van der Waals surface area contributed by atoms with E-state index in [0.29, 0.717) is 29.2 Å². The minimum absolute atomic E-state index is 0.0964. The first-order valence-electron chi connectivity index (χ1n) is 11.5. The Morgan fingerprint density at radius 1 is 0.944 bits per heavy atom. The predicted molar refractivity (Wildman–Crippen MR) is 136 cm³/mol. The molecule has 3 aromatic carbocycles. The van der Waals surface area contributed by atoms with Gasteiger partial charge in [0, 0.05) is 28.9 Å². The average Bonchev–Trinajstić information content (AvgIpc) is 3.32. The Bertz CT molecular complexity index is 1610. The summed E-state index contributed by atoms with van der Waals surface area (Å²) in [5.41, 5.74) is 4.21. The molecule has 0 aliphatic rings. The van der Waals surface area contributed by atoms with Crippen LogP contribution in [0.1, 0.15) is 22.4 Å². The van der Waals surface area contributed by atoms with E-state index in [2.05, 4.69) is 15.4 Å². The molecule has 0 saturated heterocycles. The SMILES string of the molecule is Cc1ccc(-c2nc3n(CC(=O)Nc4ccc(F)cc4)c(C)c(Cc4ccccc4)c(=O)n3n2)cc1. The summed E-state index contributed by atoms with van der Waals surface area (Å²) in [6.07, 6.45) is 0.390. The number of anilines is 1. The average molecular weight is 482 g/mol. The minimum Gasteiger partial charge on any atom is -0.325 e. The molecular formula is C28H24FN5O2. The van der Waals surface area contributed by atoms with E-state index in [4.69, 9.17) is 0 Å². The highest BCUT2D eigenvalue weighted by atomic mass is 19.1. The van der Waals surface area contributed by atoms with Crippen LogP contribution in [0.25, 0.3) is 17.2 Å². The van der Waals surface area contributed by atoms with E-state index in [1.165, 1.54) is 28.8 Å². The van der Waals surface area contributed by atoms with Gasteiger partial charge in [-0.15, -0.1) is 5.10 Å². The Labute approximate surface area is 206 Å². The summed E-state index contributed by atoms with van der Waals surface area (Å²) in [7, 11) is 0. The smallest absolute Gasteiger partial charge is 0.279 e. The number of nitrogens with one attached hydrogen (secondary N) is 1. The number of amides is 1. The second-order valence-corrected chi connectivity index (χ2v) is 8.69. The molecule has 1 amide bonds. The summed E-state index contributed by atoms with van der Waals surface area (Å²) in [6, 6.07) is 22.9. The van der Waals surface area contributed by atoms with Gasteiger partial charge in [-0.1, -0.05) is 60.2 Å². The highest BCUT2D eigenvalue weighted by molar-refractivity contribution is 5.90. The molecule has 7 nitrogen and oxygen atoms in total. The summed E-state index contributed by atoms with van der Waals surface area (Å²) in [5, 5.41) is 7.29. The van der Waals surface area contributed by atoms with Crippen LogP contribution in [0, 0.1) is 19.7 Å². The molecule has 0 saturated carbocycles. The normalized spacial score (nSPS) is 11.1. The summed E-state index contributed by atoms with van der Waals surface area (Å²) >= 11 is 0. The monoisotopic (exact) mass is 481 g/mol. The second kappa shape index (κ2) is 9.58. The fraction of sp³-hybridized carbons (Fsp3) is 0.143. The number of halogens is 1. The van der Waals surface area contributed by atoms with Crippen molar-refractivity contribution in [1.29, 1.82) is 0 Å². The van der Waals surface area contributed by atoms with Gasteiger partial charge in [-0.05, 0) is 43.7 Å². The molecule has 0 fully saturated rings. The molecule has 0 spiro atoms. The van der Waals surface area contributed by atoms with E-state index in [1.807, 2.05) is 68.4 Å². The first-order chi connectivity index (χ1) is 17.4. The molecule has 5 aromatic rings. The van der Waals surface area contributed by atoms with Crippen molar-refractivity contribution in [2.45, 2.75) is 26.8 Å². The molecule has 2 heterocycles. The van der Waals surface area contributed by atoms with Crippen molar-refractivity contribution in [2.75, 3.05) is 5.32 Å². The number of nitrogens with zero attached hydrogens (tertiary/aromatic N) is 4. The fourth-order valence-electron chi connectivity index (χ4n) is 4.11. The zero-order valence-electron chi connectivity index (χ0n) is 19.9. The molecule has 5 rings (SSSR count). The van der Waals surface area contributed by atoms with Crippen LogP contribution in [0.15, 0.2) is 83.7 Å². The third-order valence-electron chi connectivity index (χ3n) is 6.09. The number of rotatable bonds is 6. The van der Waals surface area contributed by atoms with Gasteiger partial charge >= 0.3 is 0 Å². The van der Waals surface area contributed by atoms with Crippen LogP contribution >= 0.6 is 0 Å². The highest BCUT2D eigenvalue weighted by Crippen LogP contribution is 2.19. The summed E-state index contributed by atoms with van der Waals surface area (Å²) in [6.45, 7) is 3.70. The second-order valence-electron chi connectivity index (χ2n) is 8.69. The van der Waals surface area contributed by atoms with E-state index in [-0.39, 0.29) is 29.6 Å². The summed E-state index contributed by atoms with van der Waals surface area (Å²) in [5.74, 6) is -0.0420. The molecule has 0 aliphatic carbocycles. The first kappa shape index (κ1) is 23.2. The Kier molecular flexibility index (Phi) is 6.16. The van der Waals surface area contributed by atoms with E-state index >= 15 is 0 Å². The molecular weight excluding hydrogens is 457 g/mol. The largest absolute Gasteiger partial charge is 0.325 e. The minimum atomic E-state index is -0.386. The molecule has 0 atom stereocenters. The molecule has 180 valence electrons. The number of aryl methyl sites for hydroxylation is 1. The van der Waals surface area contributed by atoms with Gasteiger partial charge in [0.25, 0.3) is 5.56 Å². The molecule has 0 bridgehead atoms. The van der Waals surface area contributed by atoms with Gasteiger partial charge in [-0.2, -0.15) is 9.50 Å². The van der Waals surface area contributed by atoms with Crippen LogP contribution < -0.4 is 10.9 Å². The van der Waals surface area contributed by atoms with Crippen molar-refractivity contribution >= 4 is 17.4 Å². The molecule has 0 unspecified atom stereocenters. The van der Waals surface area contributed by atoms with Gasteiger partial charge in [-0.25, -0.2) is 4.39 Å². The summed E-state index contributed by atoms with van der Waals surface area (Å²) in [4.78, 5) is 31.1. The van der Waals surface area contributed by atoms with Crippen LogP contribution in [0.2, 0.25) is 0 Å².